The van der Waals surface area contributed by atoms with E-state index in [1.165, 1.54) is 30.3 Å². The van der Waals surface area contributed by atoms with E-state index in [9.17, 15) is 14.5 Å². The molecule has 2 aromatic carbocycles. The van der Waals surface area contributed by atoms with Crippen LogP contribution in [0.3, 0.4) is 0 Å². The summed E-state index contributed by atoms with van der Waals surface area (Å²) < 4.78 is 18.4. The van der Waals surface area contributed by atoms with Crippen LogP contribution in [0.15, 0.2) is 47.6 Å². The standard InChI is InChI=1S/C13H10FN3O4/c14-9-3-6-12(11(7-9)17(19)20)21-10-4-1-8(2-5-10)13(15)16-18/h1-7,18H,(H2,15,16). The molecule has 0 saturated carbocycles. The molecule has 0 saturated heterocycles. The molecule has 0 radical (unpaired) electrons. The lowest BCUT2D eigenvalue weighted by atomic mass is 10.2. The number of amidine groups is 1. The van der Waals surface area contributed by atoms with Crippen molar-refractivity contribution in [2.45, 2.75) is 0 Å². The summed E-state index contributed by atoms with van der Waals surface area (Å²) in [6, 6.07) is 9.01. The van der Waals surface area contributed by atoms with Crippen LogP contribution in [0, 0.1) is 15.9 Å². The maximum Gasteiger partial charge on any atom is 0.314 e. The molecule has 0 spiro atoms. The second-order valence-electron chi connectivity index (χ2n) is 3.98. The molecule has 7 nitrogen and oxygen atoms in total. The van der Waals surface area contributed by atoms with Crippen molar-refractivity contribution in [3.63, 3.8) is 0 Å². The molecule has 2 aromatic rings. The Morgan fingerprint density at radius 1 is 1.29 bits per heavy atom. The minimum atomic E-state index is -0.733. The highest BCUT2D eigenvalue weighted by Crippen LogP contribution is 2.31. The van der Waals surface area contributed by atoms with Crippen molar-refractivity contribution >= 4 is 11.5 Å². The third-order valence-corrected chi connectivity index (χ3v) is 2.60. The minimum Gasteiger partial charge on any atom is -0.450 e. The van der Waals surface area contributed by atoms with Gasteiger partial charge < -0.3 is 15.7 Å². The van der Waals surface area contributed by atoms with E-state index in [-0.39, 0.29) is 11.6 Å². The molecule has 108 valence electrons. The van der Waals surface area contributed by atoms with Crippen LogP contribution in [0.4, 0.5) is 10.1 Å². The Labute approximate surface area is 118 Å². The molecule has 0 unspecified atom stereocenters. The first-order valence-electron chi connectivity index (χ1n) is 5.71. The molecule has 0 atom stereocenters. The molecule has 0 aliphatic carbocycles. The summed E-state index contributed by atoms with van der Waals surface area (Å²) in [4.78, 5) is 10.1. The Hall–Kier alpha value is -3.16. The van der Waals surface area contributed by atoms with Crippen molar-refractivity contribution in [3.8, 4) is 11.5 Å². The van der Waals surface area contributed by atoms with E-state index >= 15 is 0 Å². The highest BCUT2D eigenvalue weighted by atomic mass is 19.1. The molecule has 8 heteroatoms. The first-order valence-corrected chi connectivity index (χ1v) is 5.71. The zero-order valence-corrected chi connectivity index (χ0v) is 10.6. The van der Waals surface area contributed by atoms with Gasteiger partial charge in [-0.3, -0.25) is 10.1 Å². The molecular formula is C13H10FN3O4. The van der Waals surface area contributed by atoms with Gasteiger partial charge in [0, 0.05) is 5.56 Å². The van der Waals surface area contributed by atoms with Crippen LogP contribution >= 0.6 is 0 Å². The third kappa shape index (κ3) is 3.24. The van der Waals surface area contributed by atoms with Gasteiger partial charge >= 0.3 is 5.69 Å². The number of nitrogens with two attached hydrogens (primary N) is 1. The van der Waals surface area contributed by atoms with E-state index in [0.717, 1.165) is 12.1 Å². The molecule has 0 bridgehead atoms. The number of hydrogen-bond donors (Lipinski definition) is 2. The molecule has 0 amide bonds. The van der Waals surface area contributed by atoms with Crippen molar-refractivity contribution in [2.24, 2.45) is 10.9 Å². The van der Waals surface area contributed by atoms with Crippen LogP contribution in [0.1, 0.15) is 5.56 Å². The van der Waals surface area contributed by atoms with Gasteiger partial charge in [-0.05, 0) is 36.4 Å². The van der Waals surface area contributed by atoms with E-state index < -0.39 is 16.4 Å². The fourth-order valence-corrected chi connectivity index (χ4v) is 1.60. The van der Waals surface area contributed by atoms with Crippen LogP contribution in [0.25, 0.3) is 0 Å². The van der Waals surface area contributed by atoms with Crippen LogP contribution in [-0.2, 0) is 0 Å². The zero-order chi connectivity index (χ0) is 15.4. The predicted octanol–water partition coefficient (Wildman–Crippen LogP) is 2.62. The van der Waals surface area contributed by atoms with E-state index in [1.54, 1.807) is 0 Å². The van der Waals surface area contributed by atoms with E-state index in [0.29, 0.717) is 11.3 Å². The second-order valence-corrected chi connectivity index (χ2v) is 3.98. The lowest BCUT2D eigenvalue weighted by Crippen LogP contribution is -2.12. The van der Waals surface area contributed by atoms with Crippen molar-refractivity contribution in [1.82, 2.24) is 0 Å². The van der Waals surface area contributed by atoms with Gasteiger partial charge in [-0.15, -0.1) is 0 Å². The third-order valence-electron chi connectivity index (χ3n) is 2.60. The molecule has 21 heavy (non-hydrogen) atoms. The summed E-state index contributed by atoms with van der Waals surface area (Å²) in [5, 5.41) is 22.2. The van der Waals surface area contributed by atoms with Gasteiger partial charge in [0.2, 0.25) is 5.75 Å². The zero-order valence-electron chi connectivity index (χ0n) is 10.6. The molecular weight excluding hydrogens is 281 g/mol. The smallest absolute Gasteiger partial charge is 0.314 e. The van der Waals surface area contributed by atoms with Crippen molar-refractivity contribution in [2.75, 3.05) is 0 Å². The molecule has 0 aliphatic heterocycles. The first kappa shape index (κ1) is 14.3. The summed E-state index contributed by atoms with van der Waals surface area (Å²) in [5.41, 5.74) is 5.39. The molecule has 3 N–H and O–H groups in total. The predicted molar refractivity (Wildman–Crippen MR) is 72.1 cm³/mol. The molecule has 2 rings (SSSR count). The van der Waals surface area contributed by atoms with Gasteiger partial charge in [0.25, 0.3) is 0 Å². The van der Waals surface area contributed by atoms with Crippen LogP contribution in [0.2, 0.25) is 0 Å². The number of rotatable bonds is 4. The number of halogens is 1. The average Bonchev–Trinajstić information content (AvgIpc) is 2.49. The number of benzene rings is 2. The summed E-state index contributed by atoms with van der Waals surface area (Å²) >= 11 is 0. The van der Waals surface area contributed by atoms with Gasteiger partial charge in [-0.25, -0.2) is 4.39 Å². The van der Waals surface area contributed by atoms with Gasteiger partial charge in [0.15, 0.2) is 5.84 Å². The normalized spacial score (nSPS) is 11.2. The van der Waals surface area contributed by atoms with E-state index in [2.05, 4.69) is 5.16 Å². The van der Waals surface area contributed by atoms with Crippen LogP contribution in [0.5, 0.6) is 11.5 Å². The Balaban J connectivity index is 2.28. The minimum absolute atomic E-state index is 0.0747. The molecule has 0 heterocycles. The Bertz CT molecular complexity index is 701. The quantitative estimate of drug-likeness (QED) is 0.296. The molecule has 0 aliphatic rings. The fraction of sp³-hybridized carbons (Fsp3) is 0. The van der Waals surface area contributed by atoms with Gasteiger partial charge in [0.1, 0.15) is 11.6 Å². The fourth-order valence-electron chi connectivity index (χ4n) is 1.60. The van der Waals surface area contributed by atoms with E-state index in [1.807, 2.05) is 0 Å². The average molecular weight is 291 g/mol. The summed E-state index contributed by atoms with van der Waals surface area (Å²) in [6.45, 7) is 0. The van der Waals surface area contributed by atoms with Gasteiger partial charge in [-0.1, -0.05) is 5.16 Å². The maximum atomic E-state index is 13.0. The number of nitro groups is 1. The number of oxime groups is 1. The van der Waals surface area contributed by atoms with Crippen molar-refractivity contribution < 1.29 is 19.3 Å². The topological polar surface area (TPSA) is 111 Å². The number of nitrogens with zero attached hydrogens (tertiary/aromatic N) is 2. The second kappa shape index (κ2) is 5.87. The Morgan fingerprint density at radius 2 is 1.95 bits per heavy atom. The van der Waals surface area contributed by atoms with Crippen molar-refractivity contribution in [1.29, 1.82) is 0 Å². The highest BCUT2D eigenvalue weighted by Gasteiger charge is 2.17. The number of nitro benzene ring substituents is 1. The van der Waals surface area contributed by atoms with Crippen molar-refractivity contribution in [3.05, 3.63) is 64.0 Å². The Kier molecular flexibility index (Phi) is 3.98. The first-order chi connectivity index (χ1) is 10.0. The van der Waals surface area contributed by atoms with Gasteiger partial charge in [0.05, 0.1) is 11.0 Å². The highest BCUT2D eigenvalue weighted by molar-refractivity contribution is 5.97. The summed E-state index contributed by atoms with van der Waals surface area (Å²) in [5.74, 6) is -0.595. The largest absolute Gasteiger partial charge is 0.450 e. The Morgan fingerprint density at radius 3 is 2.52 bits per heavy atom. The lowest BCUT2D eigenvalue weighted by molar-refractivity contribution is -0.385. The molecule has 0 aromatic heterocycles. The lowest BCUT2D eigenvalue weighted by Gasteiger charge is -2.07. The molecule has 0 fully saturated rings. The van der Waals surface area contributed by atoms with Gasteiger partial charge in [-0.2, -0.15) is 0 Å². The number of ether oxygens (including phenoxy) is 1. The van der Waals surface area contributed by atoms with Crippen LogP contribution in [-0.4, -0.2) is 16.0 Å². The van der Waals surface area contributed by atoms with Crippen LogP contribution < -0.4 is 10.5 Å². The van der Waals surface area contributed by atoms with E-state index in [4.69, 9.17) is 15.7 Å². The summed E-state index contributed by atoms with van der Waals surface area (Å²) in [7, 11) is 0. The monoisotopic (exact) mass is 291 g/mol. The number of hydrogen-bond acceptors (Lipinski definition) is 5. The SMILES string of the molecule is NC(=NO)c1ccc(Oc2ccc(F)cc2[N+](=O)[O-])cc1. The summed E-state index contributed by atoms with van der Waals surface area (Å²) in [6.07, 6.45) is 0. The maximum absolute atomic E-state index is 13.0.